The lowest BCUT2D eigenvalue weighted by molar-refractivity contribution is 0.0923. The van der Waals surface area contributed by atoms with Crippen LogP contribution >= 0.6 is 11.8 Å². The molecule has 3 heteroatoms. The van der Waals surface area contributed by atoms with Crippen molar-refractivity contribution < 1.29 is 4.79 Å². The van der Waals surface area contributed by atoms with Gasteiger partial charge in [-0.05, 0) is 43.9 Å². The molecule has 0 aliphatic rings. The number of hydrogen-bond acceptors (Lipinski definition) is 3. The first kappa shape index (κ1) is 17.3. The lowest BCUT2D eigenvalue weighted by atomic mass is 10.0. The molecule has 0 amide bonds. The SMILES string of the molecule is CSCCC(C)N(C)CC(=O)c1ccc(C(C)C)cc1. The van der Waals surface area contributed by atoms with E-state index in [2.05, 4.69) is 44.1 Å². The second-order valence-electron chi connectivity index (χ2n) is 5.75. The highest BCUT2D eigenvalue weighted by Crippen LogP contribution is 2.15. The monoisotopic (exact) mass is 293 g/mol. The van der Waals surface area contributed by atoms with Crippen molar-refractivity contribution in [2.24, 2.45) is 0 Å². The summed E-state index contributed by atoms with van der Waals surface area (Å²) < 4.78 is 0. The number of benzene rings is 1. The van der Waals surface area contributed by atoms with E-state index in [9.17, 15) is 4.79 Å². The molecule has 0 saturated carbocycles. The van der Waals surface area contributed by atoms with Crippen molar-refractivity contribution in [2.45, 2.75) is 39.2 Å². The van der Waals surface area contributed by atoms with Gasteiger partial charge in [0.15, 0.2) is 5.78 Å². The van der Waals surface area contributed by atoms with E-state index in [1.807, 2.05) is 30.9 Å². The van der Waals surface area contributed by atoms with Crippen molar-refractivity contribution in [3.63, 3.8) is 0 Å². The predicted molar refractivity (Wildman–Crippen MR) is 90.0 cm³/mol. The van der Waals surface area contributed by atoms with Gasteiger partial charge < -0.3 is 0 Å². The van der Waals surface area contributed by atoms with Crippen LogP contribution in [0.4, 0.5) is 0 Å². The second kappa shape index (κ2) is 8.48. The van der Waals surface area contributed by atoms with Crippen LogP contribution in [0.1, 0.15) is 49.0 Å². The van der Waals surface area contributed by atoms with Gasteiger partial charge in [0.1, 0.15) is 0 Å². The van der Waals surface area contributed by atoms with Gasteiger partial charge in [0.25, 0.3) is 0 Å². The minimum Gasteiger partial charge on any atom is -0.296 e. The van der Waals surface area contributed by atoms with Crippen LogP contribution in [0.3, 0.4) is 0 Å². The maximum absolute atomic E-state index is 12.3. The first-order chi connectivity index (χ1) is 9.45. The fourth-order valence-electron chi connectivity index (χ4n) is 2.04. The van der Waals surface area contributed by atoms with Crippen molar-refractivity contribution >= 4 is 17.5 Å². The third kappa shape index (κ3) is 5.29. The lowest BCUT2D eigenvalue weighted by Gasteiger charge is -2.23. The zero-order valence-electron chi connectivity index (χ0n) is 13.3. The first-order valence-electron chi connectivity index (χ1n) is 7.28. The van der Waals surface area contributed by atoms with E-state index in [4.69, 9.17) is 0 Å². The van der Waals surface area contributed by atoms with Crippen LogP contribution in [0, 0.1) is 0 Å². The zero-order chi connectivity index (χ0) is 15.1. The van der Waals surface area contributed by atoms with Gasteiger partial charge in [-0.15, -0.1) is 0 Å². The van der Waals surface area contributed by atoms with Crippen LogP contribution in [0.15, 0.2) is 24.3 Å². The summed E-state index contributed by atoms with van der Waals surface area (Å²) in [4.78, 5) is 14.4. The summed E-state index contributed by atoms with van der Waals surface area (Å²) in [7, 11) is 2.03. The summed E-state index contributed by atoms with van der Waals surface area (Å²) in [5, 5.41) is 0. The number of hydrogen-bond donors (Lipinski definition) is 0. The van der Waals surface area contributed by atoms with Gasteiger partial charge in [0, 0.05) is 11.6 Å². The van der Waals surface area contributed by atoms with Crippen molar-refractivity contribution in [3.8, 4) is 0 Å². The molecule has 0 bridgehead atoms. The van der Waals surface area contributed by atoms with Gasteiger partial charge in [-0.3, -0.25) is 9.69 Å². The van der Waals surface area contributed by atoms with Crippen LogP contribution in [0.25, 0.3) is 0 Å². The molecule has 0 saturated heterocycles. The van der Waals surface area contributed by atoms with E-state index >= 15 is 0 Å². The van der Waals surface area contributed by atoms with E-state index in [-0.39, 0.29) is 5.78 Å². The number of thioether (sulfide) groups is 1. The van der Waals surface area contributed by atoms with Crippen molar-refractivity contribution in [2.75, 3.05) is 25.6 Å². The molecule has 20 heavy (non-hydrogen) atoms. The fourth-order valence-corrected chi connectivity index (χ4v) is 2.61. The topological polar surface area (TPSA) is 20.3 Å². The average molecular weight is 293 g/mol. The van der Waals surface area contributed by atoms with Gasteiger partial charge in [0.2, 0.25) is 0 Å². The predicted octanol–water partition coefficient (Wildman–Crippen LogP) is 4.07. The molecular weight excluding hydrogens is 266 g/mol. The Morgan fingerprint density at radius 3 is 2.30 bits per heavy atom. The number of ketones is 1. The van der Waals surface area contributed by atoms with Crippen LogP contribution in [0.2, 0.25) is 0 Å². The molecule has 0 aliphatic heterocycles. The molecule has 0 N–H and O–H groups in total. The Labute approximate surface area is 127 Å². The van der Waals surface area contributed by atoms with Gasteiger partial charge >= 0.3 is 0 Å². The summed E-state index contributed by atoms with van der Waals surface area (Å²) in [6.45, 7) is 7.01. The molecule has 0 radical (unpaired) electrons. The third-order valence-electron chi connectivity index (χ3n) is 3.78. The van der Waals surface area contributed by atoms with Gasteiger partial charge in [-0.25, -0.2) is 0 Å². The number of carbonyl (C=O) groups is 1. The quantitative estimate of drug-likeness (QED) is 0.674. The normalized spacial score (nSPS) is 12.9. The molecule has 1 aromatic rings. The van der Waals surface area contributed by atoms with Crippen LogP contribution in [0.5, 0.6) is 0 Å². The lowest BCUT2D eigenvalue weighted by Crippen LogP contribution is -2.34. The molecule has 2 nitrogen and oxygen atoms in total. The minimum atomic E-state index is 0.207. The molecule has 112 valence electrons. The van der Waals surface area contributed by atoms with E-state index in [0.717, 1.165) is 17.7 Å². The van der Waals surface area contributed by atoms with E-state index in [1.54, 1.807) is 0 Å². The molecule has 0 aliphatic carbocycles. The summed E-state index contributed by atoms with van der Waals surface area (Å²) >= 11 is 1.86. The maximum atomic E-state index is 12.3. The van der Waals surface area contributed by atoms with Gasteiger partial charge in [-0.1, -0.05) is 38.1 Å². The standard InChI is InChI=1S/C17H27NOS/c1-13(2)15-6-8-16(9-7-15)17(19)12-18(4)14(3)10-11-20-5/h6-9,13-14H,10-12H2,1-5H3. The molecule has 0 aromatic heterocycles. The van der Waals surface area contributed by atoms with E-state index in [1.165, 1.54) is 5.56 Å². The van der Waals surface area contributed by atoms with E-state index < -0.39 is 0 Å². The van der Waals surface area contributed by atoms with Crippen molar-refractivity contribution in [1.29, 1.82) is 0 Å². The molecular formula is C17H27NOS. The van der Waals surface area contributed by atoms with Crippen molar-refractivity contribution in [3.05, 3.63) is 35.4 Å². The second-order valence-corrected chi connectivity index (χ2v) is 6.73. The number of rotatable bonds is 8. The zero-order valence-corrected chi connectivity index (χ0v) is 14.2. The molecule has 1 aromatic carbocycles. The van der Waals surface area contributed by atoms with Crippen LogP contribution in [-0.4, -0.2) is 42.3 Å². The Bertz CT molecular complexity index is 414. The molecule has 1 rings (SSSR count). The molecule has 0 heterocycles. The number of carbonyl (C=O) groups excluding carboxylic acids is 1. The third-order valence-corrected chi connectivity index (χ3v) is 4.43. The van der Waals surface area contributed by atoms with Gasteiger partial charge in [0.05, 0.1) is 6.54 Å². The van der Waals surface area contributed by atoms with Gasteiger partial charge in [-0.2, -0.15) is 11.8 Å². The smallest absolute Gasteiger partial charge is 0.176 e. The van der Waals surface area contributed by atoms with Crippen LogP contribution in [-0.2, 0) is 0 Å². The summed E-state index contributed by atoms with van der Waals surface area (Å²) in [6.07, 6.45) is 3.24. The Balaban J connectivity index is 2.57. The summed E-state index contributed by atoms with van der Waals surface area (Å²) in [5.74, 6) is 1.86. The minimum absolute atomic E-state index is 0.207. The highest BCUT2D eigenvalue weighted by molar-refractivity contribution is 7.98. The molecule has 1 unspecified atom stereocenters. The Morgan fingerprint density at radius 1 is 1.20 bits per heavy atom. The van der Waals surface area contributed by atoms with Crippen LogP contribution < -0.4 is 0 Å². The number of Topliss-reactive ketones (excluding diaryl/α,β-unsaturated/α-hetero) is 1. The van der Waals surface area contributed by atoms with E-state index in [0.29, 0.717) is 18.5 Å². The summed E-state index contributed by atoms with van der Waals surface area (Å²) in [5.41, 5.74) is 2.10. The molecule has 0 spiro atoms. The maximum Gasteiger partial charge on any atom is 0.176 e. The molecule has 1 atom stereocenters. The highest BCUT2D eigenvalue weighted by atomic mass is 32.2. The average Bonchev–Trinajstić information content (AvgIpc) is 2.44. The number of likely N-dealkylation sites (N-methyl/N-ethyl adjacent to an activating group) is 1. The Morgan fingerprint density at radius 2 is 1.80 bits per heavy atom. The first-order valence-corrected chi connectivity index (χ1v) is 8.67. The Hall–Kier alpha value is -0.800. The van der Waals surface area contributed by atoms with Crippen molar-refractivity contribution in [1.82, 2.24) is 4.90 Å². The largest absolute Gasteiger partial charge is 0.296 e. The summed E-state index contributed by atoms with van der Waals surface area (Å²) in [6, 6.07) is 8.49. The highest BCUT2D eigenvalue weighted by Gasteiger charge is 2.14. The fraction of sp³-hybridized carbons (Fsp3) is 0.588. The molecule has 0 fully saturated rings. The Kier molecular flexibility index (Phi) is 7.31. The number of nitrogens with zero attached hydrogens (tertiary/aromatic N) is 1.